The monoisotopic (exact) mass is 350 g/mol. The van der Waals surface area contributed by atoms with Gasteiger partial charge in [0.1, 0.15) is 11.4 Å². The molecule has 0 aromatic heterocycles. The second kappa shape index (κ2) is 7.44. The molecular weight excluding hydrogens is 328 g/mol. The molecule has 0 N–H and O–H groups in total. The molecule has 0 aliphatic carbocycles. The fourth-order valence-corrected chi connectivity index (χ4v) is 3.06. The van der Waals surface area contributed by atoms with E-state index < -0.39 is 0 Å². The number of likely N-dealkylation sites (N-methyl/N-ethyl adjacent to an activating group) is 2. The molecular formula is C21H22N2O3. The van der Waals surface area contributed by atoms with Crippen LogP contribution in [-0.2, 0) is 16.1 Å². The molecule has 0 spiro atoms. The summed E-state index contributed by atoms with van der Waals surface area (Å²) in [5.41, 5.74) is 2.64. The molecule has 2 aromatic carbocycles. The fraction of sp³-hybridized carbons (Fsp3) is 0.238. The Labute approximate surface area is 153 Å². The largest absolute Gasteiger partial charge is 0.494 e. The van der Waals surface area contributed by atoms with Crippen molar-refractivity contribution in [3.63, 3.8) is 0 Å². The van der Waals surface area contributed by atoms with Gasteiger partial charge in [0.2, 0.25) is 0 Å². The maximum Gasteiger partial charge on any atom is 0.277 e. The second-order valence-corrected chi connectivity index (χ2v) is 6.19. The fourth-order valence-electron chi connectivity index (χ4n) is 3.06. The highest BCUT2D eigenvalue weighted by molar-refractivity contribution is 6.35. The van der Waals surface area contributed by atoms with Crippen molar-refractivity contribution in [2.24, 2.45) is 0 Å². The van der Waals surface area contributed by atoms with Crippen molar-refractivity contribution in [2.75, 3.05) is 20.7 Å². The summed E-state index contributed by atoms with van der Waals surface area (Å²) < 4.78 is 5.46. The van der Waals surface area contributed by atoms with E-state index >= 15 is 0 Å². The van der Waals surface area contributed by atoms with Gasteiger partial charge in [0.15, 0.2) is 0 Å². The van der Waals surface area contributed by atoms with E-state index in [1.165, 1.54) is 11.9 Å². The van der Waals surface area contributed by atoms with E-state index in [9.17, 15) is 9.59 Å². The van der Waals surface area contributed by atoms with E-state index in [1.807, 2.05) is 73.5 Å². The van der Waals surface area contributed by atoms with Crippen molar-refractivity contribution in [3.05, 3.63) is 71.4 Å². The minimum atomic E-state index is -0.283. The van der Waals surface area contributed by atoms with Crippen LogP contribution in [0.25, 0.3) is 5.57 Å². The molecule has 0 saturated carbocycles. The molecule has 1 aliphatic rings. The van der Waals surface area contributed by atoms with Gasteiger partial charge in [-0.05, 0) is 30.2 Å². The number of imide groups is 1. The minimum absolute atomic E-state index is 0.280. The van der Waals surface area contributed by atoms with Crippen LogP contribution in [0, 0.1) is 0 Å². The third kappa shape index (κ3) is 3.33. The van der Waals surface area contributed by atoms with E-state index in [0.29, 0.717) is 30.0 Å². The summed E-state index contributed by atoms with van der Waals surface area (Å²) >= 11 is 0. The zero-order chi connectivity index (χ0) is 18.7. The molecule has 0 atom stereocenters. The molecule has 0 radical (unpaired) electrons. The molecule has 0 unspecified atom stereocenters. The number of carbonyl (C=O) groups is 2. The number of rotatable bonds is 6. The number of amides is 2. The van der Waals surface area contributed by atoms with Crippen molar-refractivity contribution in [2.45, 2.75) is 13.5 Å². The lowest BCUT2D eigenvalue weighted by atomic mass is 10.0. The second-order valence-electron chi connectivity index (χ2n) is 6.19. The zero-order valence-corrected chi connectivity index (χ0v) is 15.2. The summed E-state index contributed by atoms with van der Waals surface area (Å²) in [6, 6.07) is 17.1. The topological polar surface area (TPSA) is 49.9 Å². The van der Waals surface area contributed by atoms with Gasteiger partial charge in [-0.1, -0.05) is 42.5 Å². The Morgan fingerprint density at radius 3 is 2.23 bits per heavy atom. The SMILES string of the molecule is CCOc1ccc(C2=C(N(C)Cc3ccccc3)C(=O)N(C)C2=O)cc1. The van der Waals surface area contributed by atoms with E-state index in [4.69, 9.17) is 4.74 Å². The Balaban J connectivity index is 1.98. The van der Waals surface area contributed by atoms with Crippen molar-refractivity contribution < 1.29 is 14.3 Å². The van der Waals surface area contributed by atoms with Gasteiger partial charge in [-0.25, -0.2) is 0 Å². The zero-order valence-electron chi connectivity index (χ0n) is 15.2. The first-order chi connectivity index (χ1) is 12.5. The lowest BCUT2D eigenvalue weighted by Gasteiger charge is -2.20. The molecule has 0 bridgehead atoms. The van der Waals surface area contributed by atoms with Crippen LogP contribution in [0.15, 0.2) is 60.3 Å². The van der Waals surface area contributed by atoms with Crippen LogP contribution in [-0.4, -0.2) is 42.3 Å². The summed E-state index contributed by atoms with van der Waals surface area (Å²) in [5.74, 6) is 0.174. The van der Waals surface area contributed by atoms with E-state index in [0.717, 1.165) is 11.3 Å². The Morgan fingerprint density at radius 2 is 1.62 bits per heavy atom. The van der Waals surface area contributed by atoms with Gasteiger partial charge in [-0.2, -0.15) is 0 Å². The first kappa shape index (κ1) is 17.7. The maximum absolute atomic E-state index is 12.7. The van der Waals surface area contributed by atoms with Crippen LogP contribution < -0.4 is 4.74 Å². The van der Waals surface area contributed by atoms with Gasteiger partial charge < -0.3 is 9.64 Å². The molecule has 2 amide bonds. The standard InChI is InChI=1S/C21H22N2O3/c1-4-26-17-12-10-16(11-13-17)18-19(21(25)23(3)20(18)24)22(2)14-15-8-6-5-7-9-15/h5-13H,4,14H2,1-3H3. The molecule has 1 aliphatic heterocycles. The lowest BCUT2D eigenvalue weighted by molar-refractivity contribution is -0.135. The summed E-state index contributed by atoms with van der Waals surface area (Å²) in [7, 11) is 3.35. The first-order valence-corrected chi connectivity index (χ1v) is 8.58. The number of ether oxygens (including phenoxy) is 1. The lowest BCUT2D eigenvalue weighted by Crippen LogP contribution is -2.30. The minimum Gasteiger partial charge on any atom is -0.494 e. The highest BCUT2D eigenvalue weighted by Gasteiger charge is 2.38. The number of hydrogen-bond donors (Lipinski definition) is 0. The Hall–Kier alpha value is -3.08. The van der Waals surface area contributed by atoms with Gasteiger partial charge in [-0.15, -0.1) is 0 Å². The van der Waals surface area contributed by atoms with E-state index in [1.54, 1.807) is 0 Å². The smallest absolute Gasteiger partial charge is 0.277 e. The van der Waals surface area contributed by atoms with Gasteiger partial charge in [0.25, 0.3) is 11.8 Å². The van der Waals surface area contributed by atoms with Gasteiger partial charge >= 0.3 is 0 Å². The highest BCUT2D eigenvalue weighted by Crippen LogP contribution is 2.31. The van der Waals surface area contributed by atoms with Crippen LogP contribution >= 0.6 is 0 Å². The molecule has 0 saturated heterocycles. The van der Waals surface area contributed by atoms with Crippen molar-refractivity contribution in [1.82, 2.24) is 9.80 Å². The maximum atomic E-state index is 12.7. The molecule has 26 heavy (non-hydrogen) atoms. The molecule has 134 valence electrons. The van der Waals surface area contributed by atoms with E-state index in [2.05, 4.69) is 0 Å². The number of carbonyl (C=O) groups excluding carboxylic acids is 2. The number of nitrogens with zero attached hydrogens (tertiary/aromatic N) is 2. The molecule has 5 heteroatoms. The molecule has 2 aromatic rings. The predicted octanol–water partition coefficient (Wildman–Crippen LogP) is 2.93. The first-order valence-electron chi connectivity index (χ1n) is 8.58. The van der Waals surface area contributed by atoms with Crippen LogP contribution in [0.5, 0.6) is 5.75 Å². The molecule has 3 rings (SSSR count). The summed E-state index contributed by atoms with van der Waals surface area (Å²) in [6.07, 6.45) is 0. The van der Waals surface area contributed by atoms with Crippen molar-refractivity contribution >= 4 is 17.4 Å². The Bertz CT molecular complexity index is 841. The predicted molar refractivity (Wildman–Crippen MR) is 100 cm³/mol. The molecule has 5 nitrogen and oxygen atoms in total. The summed E-state index contributed by atoms with van der Waals surface area (Å²) in [6.45, 7) is 3.04. The Kier molecular flexibility index (Phi) is 5.07. The molecule has 1 heterocycles. The quantitative estimate of drug-likeness (QED) is 0.752. The van der Waals surface area contributed by atoms with Gasteiger partial charge in [0.05, 0.1) is 12.2 Å². The van der Waals surface area contributed by atoms with Crippen molar-refractivity contribution in [3.8, 4) is 5.75 Å². The number of benzene rings is 2. The van der Waals surface area contributed by atoms with Crippen LogP contribution in [0.3, 0.4) is 0 Å². The molecule has 0 fully saturated rings. The number of hydrogen-bond acceptors (Lipinski definition) is 4. The summed E-state index contributed by atoms with van der Waals surface area (Å²) in [5, 5.41) is 0. The average molecular weight is 350 g/mol. The Morgan fingerprint density at radius 1 is 0.962 bits per heavy atom. The van der Waals surface area contributed by atoms with Crippen LogP contribution in [0.4, 0.5) is 0 Å². The van der Waals surface area contributed by atoms with Gasteiger partial charge in [0, 0.05) is 20.6 Å². The van der Waals surface area contributed by atoms with E-state index in [-0.39, 0.29) is 11.8 Å². The highest BCUT2D eigenvalue weighted by atomic mass is 16.5. The van der Waals surface area contributed by atoms with Crippen LogP contribution in [0.1, 0.15) is 18.1 Å². The average Bonchev–Trinajstić information content (AvgIpc) is 2.88. The normalized spacial score (nSPS) is 14.2. The van der Waals surface area contributed by atoms with Gasteiger partial charge in [-0.3, -0.25) is 14.5 Å². The third-order valence-electron chi connectivity index (χ3n) is 4.36. The van der Waals surface area contributed by atoms with Crippen molar-refractivity contribution in [1.29, 1.82) is 0 Å². The third-order valence-corrected chi connectivity index (χ3v) is 4.36. The summed E-state index contributed by atoms with van der Waals surface area (Å²) in [4.78, 5) is 28.4. The van der Waals surface area contributed by atoms with Crippen LogP contribution in [0.2, 0.25) is 0 Å².